The molecule has 0 spiro atoms. The van der Waals surface area contributed by atoms with E-state index in [9.17, 15) is 9.90 Å². The molecule has 1 aromatic heterocycles. The van der Waals surface area contributed by atoms with Crippen LogP contribution in [0.15, 0.2) is 15.3 Å². The summed E-state index contributed by atoms with van der Waals surface area (Å²) in [5.74, 6) is 0.254. The number of aliphatic hydroxyl groups is 2. The summed E-state index contributed by atoms with van der Waals surface area (Å²) < 4.78 is 9.61. The van der Waals surface area contributed by atoms with Crippen LogP contribution in [0.3, 0.4) is 0 Å². The number of hydrogen-bond acceptors (Lipinski definition) is 5. The predicted octanol–water partition coefficient (Wildman–Crippen LogP) is 0.194. The Labute approximate surface area is 80.6 Å². The highest BCUT2D eigenvalue weighted by Crippen LogP contribution is 2.26. The van der Waals surface area contributed by atoms with E-state index in [1.54, 1.807) is 0 Å². The summed E-state index contributed by atoms with van der Waals surface area (Å²) >= 11 is 0. The van der Waals surface area contributed by atoms with Gasteiger partial charge in [-0.15, -0.1) is 0 Å². The molecule has 5 nitrogen and oxygen atoms in total. The first-order valence-electron chi connectivity index (χ1n) is 4.10. The van der Waals surface area contributed by atoms with E-state index in [1.807, 2.05) is 0 Å². The smallest absolute Gasteiger partial charge is 0.339 e. The molecule has 0 bridgehead atoms. The Morgan fingerprint density at radius 3 is 2.71 bits per heavy atom. The first-order chi connectivity index (χ1) is 6.60. The van der Waals surface area contributed by atoms with Crippen molar-refractivity contribution in [2.24, 2.45) is 0 Å². The zero-order valence-electron chi connectivity index (χ0n) is 7.98. The highest BCUT2D eigenvalue weighted by Gasteiger charge is 2.17. The van der Waals surface area contributed by atoms with Crippen molar-refractivity contribution in [1.82, 2.24) is 0 Å². The predicted molar refractivity (Wildman–Crippen MR) is 48.1 cm³/mol. The Kier molecular flexibility index (Phi) is 3.27. The summed E-state index contributed by atoms with van der Waals surface area (Å²) in [6.07, 6.45) is -0.864. The fraction of sp³-hybridized carbons (Fsp3) is 0.444. The van der Waals surface area contributed by atoms with Crippen molar-refractivity contribution in [2.75, 3.05) is 7.11 Å². The standard InChI is InChI=1S/C9H12O5/c1-5(11)9-6(13-2)3-8(12)14-7(9)4-10/h3,5,10-11H,4H2,1-2H3/t5-/m0/s1. The van der Waals surface area contributed by atoms with E-state index in [4.69, 9.17) is 14.3 Å². The maximum absolute atomic E-state index is 11.0. The monoisotopic (exact) mass is 200 g/mol. The molecule has 0 saturated carbocycles. The Morgan fingerprint density at radius 1 is 1.64 bits per heavy atom. The van der Waals surface area contributed by atoms with Gasteiger partial charge in [0.15, 0.2) is 0 Å². The van der Waals surface area contributed by atoms with E-state index in [2.05, 4.69) is 0 Å². The van der Waals surface area contributed by atoms with Gasteiger partial charge in [0, 0.05) is 0 Å². The van der Waals surface area contributed by atoms with E-state index < -0.39 is 18.3 Å². The maximum Gasteiger partial charge on any atom is 0.339 e. The second-order valence-electron chi connectivity index (χ2n) is 2.80. The molecule has 2 N–H and O–H groups in total. The second-order valence-corrected chi connectivity index (χ2v) is 2.80. The van der Waals surface area contributed by atoms with Gasteiger partial charge in [0.05, 0.1) is 24.8 Å². The number of methoxy groups -OCH3 is 1. The van der Waals surface area contributed by atoms with Crippen LogP contribution in [0, 0.1) is 0 Å². The molecule has 1 rings (SSSR count). The normalized spacial score (nSPS) is 12.6. The highest BCUT2D eigenvalue weighted by molar-refractivity contribution is 5.35. The molecule has 1 heterocycles. The number of rotatable bonds is 3. The van der Waals surface area contributed by atoms with Crippen LogP contribution in [0.2, 0.25) is 0 Å². The molecule has 14 heavy (non-hydrogen) atoms. The van der Waals surface area contributed by atoms with Crippen LogP contribution in [0.1, 0.15) is 24.4 Å². The van der Waals surface area contributed by atoms with Crippen LogP contribution in [0.5, 0.6) is 5.75 Å². The van der Waals surface area contributed by atoms with Gasteiger partial charge in [0.1, 0.15) is 18.1 Å². The average molecular weight is 200 g/mol. The van der Waals surface area contributed by atoms with E-state index >= 15 is 0 Å². The number of hydrogen-bond donors (Lipinski definition) is 2. The number of ether oxygens (including phenoxy) is 1. The molecule has 0 saturated heterocycles. The minimum absolute atomic E-state index is 0.0318. The van der Waals surface area contributed by atoms with Gasteiger partial charge in [-0.05, 0) is 6.92 Å². The molecule has 0 aliphatic carbocycles. The zero-order valence-corrected chi connectivity index (χ0v) is 7.98. The van der Waals surface area contributed by atoms with Crippen LogP contribution in [0.25, 0.3) is 0 Å². The van der Waals surface area contributed by atoms with Crippen LogP contribution in [0.4, 0.5) is 0 Å². The van der Waals surface area contributed by atoms with Gasteiger partial charge in [0.2, 0.25) is 0 Å². The Bertz CT molecular complexity index is 338. The molecule has 0 radical (unpaired) electrons. The molecular weight excluding hydrogens is 188 g/mol. The molecule has 78 valence electrons. The van der Waals surface area contributed by atoms with Crippen molar-refractivity contribution in [1.29, 1.82) is 0 Å². The Balaban J connectivity index is 3.40. The Morgan fingerprint density at radius 2 is 2.29 bits per heavy atom. The molecular formula is C9H12O5. The molecule has 5 heteroatoms. The minimum atomic E-state index is -0.864. The molecule has 0 aliphatic heterocycles. The van der Waals surface area contributed by atoms with E-state index in [0.29, 0.717) is 5.56 Å². The minimum Gasteiger partial charge on any atom is -0.496 e. The lowest BCUT2D eigenvalue weighted by Crippen LogP contribution is -2.09. The topological polar surface area (TPSA) is 79.9 Å². The molecule has 1 aromatic rings. The first-order valence-corrected chi connectivity index (χ1v) is 4.10. The fourth-order valence-corrected chi connectivity index (χ4v) is 1.25. The lowest BCUT2D eigenvalue weighted by molar-refractivity contribution is 0.174. The van der Waals surface area contributed by atoms with Crippen LogP contribution >= 0.6 is 0 Å². The third-order valence-electron chi connectivity index (χ3n) is 1.82. The first kappa shape index (κ1) is 10.7. The third kappa shape index (κ3) is 1.94. The van der Waals surface area contributed by atoms with Gasteiger partial charge in [-0.1, -0.05) is 0 Å². The summed E-state index contributed by atoms with van der Waals surface area (Å²) in [7, 11) is 1.38. The molecule has 1 atom stereocenters. The fourth-order valence-electron chi connectivity index (χ4n) is 1.25. The van der Waals surface area contributed by atoms with Crippen molar-refractivity contribution in [2.45, 2.75) is 19.6 Å². The molecule has 0 amide bonds. The van der Waals surface area contributed by atoms with Crippen LogP contribution in [-0.4, -0.2) is 17.3 Å². The van der Waals surface area contributed by atoms with Crippen LogP contribution < -0.4 is 10.4 Å². The van der Waals surface area contributed by atoms with Gasteiger partial charge in [-0.25, -0.2) is 4.79 Å². The summed E-state index contributed by atoms with van der Waals surface area (Å²) in [5.41, 5.74) is -0.315. The SMILES string of the molecule is COc1cc(=O)oc(CO)c1[C@H](C)O. The van der Waals surface area contributed by atoms with Crippen molar-refractivity contribution >= 4 is 0 Å². The summed E-state index contributed by atoms with van der Waals surface area (Å²) in [4.78, 5) is 11.0. The van der Waals surface area contributed by atoms with Gasteiger partial charge in [0.25, 0.3) is 0 Å². The van der Waals surface area contributed by atoms with Gasteiger partial charge < -0.3 is 19.4 Å². The van der Waals surface area contributed by atoms with Crippen LogP contribution in [-0.2, 0) is 6.61 Å². The lowest BCUT2D eigenvalue weighted by atomic mass is 10.1. The van der Waals surface area contributed by atoms with E-state index in [1.165, 1.54) is 14.0 Å². The Hall–Kier alpha value is -1.33. The summed E-state index contributed by atoms with van der Waals surface area (Å²) in [6, 6.07) is 1.13. The molecule has 0 unspecified atom stereocenters. The second kappa shape index (κ2) is 4.26. The summed E-state index contributed by atoms with van der Waals surface area (Å²) in [5, 5.41) is 18.3. The number of aliphatic hydroxyl groups excluding tert-OH is 2. The van der Waals surface area contributed by atoms with E-state index in [0.717, 1.165) is 6.07 Å². The summed E-state index contributed by atoms with van der Waals surface area (Å²) in [6.45, 7) is 1.05. The van der Waals surface area contributed by atoms with Crippen molar-refractivity contribution in [3.63, 3.8) is 0 Å². The van der Waals surface area contributed by atoms with E-state index in [-0.39, 0.29) is 11.5 Å². The molecule has 0 aliphatic rings. The quantitative estimate of drug-likeness (QED) is 0.728. The third-order valence-corrected chi connectivity index (χ3v) is 1.82. The average Bonchev–Trinajstić information content (AvgIpc) is 2.15. The van der Waals surface area contributed by atoms with Crippen molar-refractivity contribution in [3.05, 3.63) is 27.8 Å². The largest absolute Gasteiger partial charge is 0.496 e. The molecule has 0 aromatic carbocycles. The van der Waals surface area contributed by atoms with Gasteiger partial charge in [-0.3, -0.25) is 0 Å². The zero-order chi connectivity index (χ0) is 10.7. The van der Waals surface area contributed by atoms with Gasteiger partial charge in [-0.2, -0.15) is 0 Å². The molecule has 0 fully saturated rings. The highest BCUT2D eigenvalue weighted by atomic mass is 16.5. The lowest BCUT2D eigenvalue weighted by Gasteiger charge is -2.12. The van der Waals surface area contributed by atoms with Gasteiger partial charge >= 0.3 is 5.63 Å². The van der Waals surface area contributed by atoms with Crippen molar-refractivity contribution in [3.8, 4) is 5.75 Å². The maximum atomic E-state index is 11.0. The van der Waals surface area contributed by atoms with Crippen molar-refractivity contribution < 1.29 is 19.4 Å².